The minimum absolute atomic E-state index is 0.114. The molecule has 0 aliphatic carbocycles. The average Bonchev–Trinajstić information content (AvgIpc) is 2.85. The molecule has 1 aliphatic heterocycles. The lowest BCUT2D eigenvalue weighted by atomic mass is 10.1. The van der Waals surface area contributed by atoms with Crippen molar-refractivity contribution >= 4 is 15.8 Å². The van der Waals surface area contributed by atoms with E-state index in [2.05, 4.69) is 10.3 Å². The number of nitrogens with two attached hydrogens (primary N) is 1. The molecule has 6 heteroatoms. The third kappa shape index (κ3) is 2.32. The number of anilines is 1. The van der Waals surface area contributed by atoms with Crippen molar-refractivity contribution in [3.8, 4) is 11.1 Å². The number of benzene rings is 1. The number of rotatable bonds is 2. The van der Waals surface area contributed by atoms with E-state index in [-0.39, 0.29) is 4.90 Å². The van der Waals surface area contributed by atoms with E-state index in [1.54, 1.807) is 18.3 Å². The van der Waals surface area contributed by atoms with Crippen molar-refractivity contribution in [3.63, 3.8) is 0 Å². The van der Waals surface area contributed by atoms with Gasteiger partial charge in [0.05, 0.1) is 4.90 Å². The summed E-state index contributed by atoms with van der Waals surface area (Å²) in [5.41, 5.74) is 2.85. The second-order valence-corrected chi connectivity index (χ2v) is 6.04. The zero-order valence-electron chi connectivity index (χ0n) is 10.1. The van der Waals surface area contributed by atoms with Crippen LogP contribution in [0.25, 0.3) is 11.1 Å². The Kier molecular flexibility index (Phi) is 2.76. The fraction of sp³-hybridized carbons (Fsp3) is 0.154. The Hall–Kier alpha value is -1.92. The van der Waals surface area contributed by atoms with Gasteiger partial charge in [-0.25, -0.2) is 18.5 Å². The summed E-state index contributed by atoms with van der Waals surface area (Å²) >= 11 is 0. The van der Waals surface area contributed by atoms with Crippen molar-refractivity contribution in [3.05, 3.63) is 42.1 Å². The Morgan fingerprint density at radius 1 is 1.21 bits per heavy atom. The normalized spacial score (nSPS) is 13.9. The quantitative estimate of drug-likeness (QED) is 0.866. The van der Waals surface area contributed by atoms with Gasteiger partial charge in [0.25, 0.3) is 0 Å². The molecule has 0 radical (unpaired) electrons. The molecule has 0 fully saturated rings. The topological polar surface area (TPSA) is 85.1 Å². The van der Waals surface area contributed by atoms with E-state index < -0.39 is 10.0 Å². The minimum atomic E-state index is -3.68. The van der Waals surface area contributed by atoms with E-state index in [1.807, 2.05) is 12.1 Å². The number of nitrogens with zero attached hydrogens (tertiary/aromatic N) is 1. The Morgan fingerprint density at radius 3 is 2.84 bits per heavy atom. The molecule has 1 aromatic carbocycles. The largest absolute Gasteiger partial charge is 0.370 e. The number of fused-ring (bicyclic) bond motifs is 1. The first kappa shape index (κ1) is 12.1. The Morgan fingerprint density at radius 2 is 2.05 bits per heavy atom. The van der Waals surface area contributed by atoms with Crippen LogP contribution in [0.15, 0.2) is 41.4 Å². The van der Waals surface area contributed by atoms with Gasteiger partial charge in [-0.15, -0.1) is 0 Å². The van der Waals surface area contributed by atoms with Crippen LogP contribution in [0.1, 0.15) is 5.56 Å². The smallest absolute Gasteiger partial charge is 0.238 e. The molecule has 98 valence electrons. The molecule has 1 aliphatic rings. The SMILES string of the molecule is NS(=O)(=O)c1cccc(-c2cnc3c(c2)CCN3)c1. The van der Waals surface area contributed by atoms with Crippen LogP contribution in [-0.4, -0.2) is 19.9 Å². The van der Waals surface area contributed by atoms with Crippen LogP contribution in [0.3, 0.4) is 0 Å². The summed E-state index contributed by atoms with van der Waals surface area (Å²) in [6, 6.07) is 8.62. The third-order valence-electron chi connectivity index (χ3n) is 3.15. The van der Waals surface area contributed by atoms with E-state index >= 15 is 0 Å². The molecule has 0 amide bonds. The lowest BCUT2D eigenvalue weighted by Crippen LogP contribution is -2.11. The maximum atomic E-state index is 11.4. The van der Waals surface area contributed by atoms with Crippen molar-refractivity contribution < 1.29 is 8.42 Å². The van der Waals surface area contributed by atoms with Crippen molar-refractivity contribution in [1.29, 1.82) is 0 Å². The first-order valence-electron chi connectivity index (χ1n) is 5.90. The highest BCUT2D eigenvalue weighted by atomic mass is 32.2. The fourth-order valence-electron chi connectivity index (χ4n) is 2.19. The monoisotopic (exact) mass is 275 g/mol. The summed E-state index contributed by atoms with van der Waals surface area (Å²) in [6.07, 6.45) is 2.67. The predicted molar refractivity (Wildman–Crippen MR) is 73.2 cm³/mol. The molecule has 0 atom stereocenters. The number of sulfonamides is 1. The maximum Gasteiger partial charge on any atom is 0.238 e. The number of primary sulfonamides is 1. The molecule has 0 spiro atoms. The van der Waals surface area contributed by atoms with E-state index in [9.17, 15) is 8.42 Å². The molecule has 3 N–H and O–H groups in total. The van der Waals surface area contributed by atoms with Crippen molar-refractivity contribution in [2.75, 3.05) is 11.9 Å². The molecular formula is C13H13N3O2S. The van der Waals surface area contributed by atoms with E-state index in [0.29, 0.717) is 0 Å². The highest BCUT2D eigenvalue weighted by molar-refractivity contribution is 7.89. The number of hydrogen-bond donors (Lipinski definition) is 2. The molecule has 3 rings (SSSR count). The van der Waals surface area contributed by atoms with Gasteiger partial charge in [-0.3, -0.25) is 0 Å². The average molecular weight is 275 g/mol. The maximum absolute atomic E-state index is 11.4. The molecule has 19 heavy (non-hydrogen) atoms. The van der Waals surface area contributed by atoms with Crippen LogP contribution in [-0.2, 0) is 16.4 Å². The summed E-state index contributed by atoms with van der Waals surface area (Å²) in [5, 5.41) is 8.33. The van der Waals surface area contributed by atoms with Crippen LogP contribution in [0.4, 0.5) is 5.82 Å². The zero-order valence-corrected chi connectivity index (χ0v) is 10.9. The van der Waals surface area contributed by atoms with Crippen LogP contribution < -0.4 is 10.5 Å². The van der Waals surface area contributed by atoms with E-state index in [4.69, 9.17) is 5.14 Å². The van der Waals surface area contributed by atoms with Gasteiger partial charge in [0, 0.05) is 18.3 Å². The molecular weight excluding hydrogens is 262 g/mol. The Balaban J connectivity index is 2.08. The minimum Gasteiger partial charge on any atom is -0.370 e. The number of nitrogens with one attached hydrogen (secondary N) is 1. The molecule has 0 unspecified atom stereocenters. The first-order chi connectivity index (χ1) is 9.04. The fourth-order valence-corrected chi connectivity index (χ4v) is 2.75. The third-order valence-corrected chi connectivity index (χ3v) is 4.06. The predicted octanol–water partition coefficient (Wildman–Crippen LogP) is 1.36. The summed E-state index contributed by atoms with van der Waals surface area (Å²) < 4.78 is 22.7. The van der Waals surface area contributed by atoms with Crippen LogP contribution in [0.5, 0.6) is 0 Å². The second kappa shape index (κ2) is 4.32. The molecule has 0 bridgehead atoms. The number of aromatic nitrogens is 1. The van der Waals surface area contributed by atoms with Gasteiger partial charge in [0.2, 0.25) is 10.0 Å². The highest BCUT2D eigenvalue weighted by Gasteiger charge is 2.13. The summed E-state index contributed by atoms with van der Waals surface area (Å²) in [6.45, 7) is 0.892. The molecule has 5 nitrogen and oxygen atoms in total. The van der Waals surface area contributed by atoms with E-state index in [0.717, 1.165) is 35.5 Å². The first-order valence-corrected chi connectivity index (χ1v) is 7.45. The van der Waals surface area contributed by atoms with Crippen molar-refractivity contribution in [2.45, 2.75) is 11.3 Å². The van der Waals surface area contributed by atoms with Crippen molar-refractivity contribution in [1.82, 2.24) is 4.98 Å². The van der Waals surface area contributed by atoms with Gasteiger partial charge in [-0.2, -0.15) is 0 Å². The standard InChI is InChI=1S/C13H13N3O2S/c14-19(17,18)12-3-1-2-9(7-12)11-6-10-4-5-15-13(10)16-8-11/h1-3,6-8H,4-5H2,(H,15,16)(H2,14,17,18). The lowest BCUT2D eigenvalue weighted by molar-refractivity contribution is 0.598. The lowest BCUT2D eigenvalue weighted by Gasteiger charge is -2.06. The highest BCUT2D eigenvalue weighted by Crippen LogP contribution is 2.27. The van der Waals surface area contributed by atoms with Crippen LogP contribution in [0, 0.1) is 0 Å². The molecule has 2 heterocycles. The zero-order chi connectivity index (χ0) is 13.5. The summed E-state index contributed by atoms with van der Waals surface area (Å²) in [5.74, 6) is 0.909. The van der Waals surface area contributed by atoms with Gasteiger partial charge >= 0.3 is 0 Å². The van der Waals surface area contributed by atoms with Gasteiger partial charge in [-0.05, 0) is 35.7 Å². The van der Waals surface area contributed by atoms with Gasteiger partial charge in [-0.1, -0.05) is 12.1 Å². The second-order valence-electron chi connectivity index (χ2n) is 4.48. The Labute approximate surface area is 111 Å². The summed E-state index contributed by atoms with van der Waals surface area (Å²) in [4.78, 5) is 4.45. The summed E-state index contributed by atoms with van der Waals surface area (Å²) in [7, 11) is -3.68. The molecule has 0 saturated carbocycles. The molecule has 0 saturated heterocycles. The van der Waals surface area contributed by atoms with Crippen molar-refractivity contribution in [2.24, 2.45) is 5.14 Å². The number of hydrogen-bond acceptors (Lipinski definition) is 4. The van der Waals surface area contributed by atoms with Crippen LogP contribution in [0.2, 0.25) is 0 Å². The van der Waals surface area contributed by atoms with Gasteiger partial charge < -0.3 is 5.32 Å². The molecule has 1 aromatic heterocycles. The van der Waals surface area contributed by atoms with E-state index in [1.165, 1.54) is 6.07 Å². The Bertz CT molecular complexity index is 741. The van der Waals surface area contributed by atoms with Crippen LogP contribution >= 0.6 is 0 Å². The number of pyridine rings is 1. The van der Waals surface area contributed by atoms with Gasteiger partial charge in [0.1, 0.15) is 5.82 Å². The molecule has 2 aromatic rings. The van der Waals surface area contributed by atoms with Gasteiger partial charge in [0.15, 0.2) is 0 Å².